The van der Waals surface area contributed by atoms with E-state index in [0.29, 0.717) is 22.4 Å². The molecule has 30 heavy (non-hydrogen) atoms. The molecule has 160 valence electrons. The van der Waals surface area contributed by atoms with Crippen LogP contribution in [-0.2, 0) is 0 Å². The van der Waals surface area contributed by atoms with Crippen LogP contribution in [0.15, 0.2) is 42.7 Å². The standard InChI is InChI=1S/C21H22F2N4OS.ClH/c22-17-2-1-16(11-18(17)23)19-13-25-21(29-19)26-20-12-15(3-6-24-20)14-4-7-27(8-5-14)9-10-28;/h1-3,6,11-14,28H,4-5,7-10H2,(H,24,25,26);1H. The molecule has 0 unspecified atom stereocenters. The van der Waals surface area contributed by atoms with Crippen molar-refractivity contribution in [3.8, 4) is 10.4 Å². The Hall–Kier alpha value is -2.13. The van der Waals surface area contributed by atoms with E-state index in [4.69, 9.17) is 5.11 Å². The maximum atomic E-state index is 13.5. The molecule has 0 amide bonds. The first-order chi connectivity index (χ1) is 14.1. The van der Waals surface area contributed by atoms with E-state index >= 15 is 0 Å². The number of pyridine rings is 1. The van der Waals surface area contributed by atoms with Crippen molar-refractivity contribution in [2.24, 2.45) is 0 Å². The van der Waals surface area contributed by atoms with Gasteiger partial charge in [-0.1, -0.05) is 17.4 Å². The van der Waals surface area contributed by atoms with Crippen LogP contribution in [0.1, 0.15) is 24.3 Å². The van der Waals surface area contributed by atoms with Crippen molar-refractivity contribution in [2.45, 2.75) is 18.8 Å². The first-order valence-electron chi connectivity index (χ1n) is 9.60. The van der Waals surface area contributed by atoms with E-state index in [1.165, 1.54) is 29.0 Å². The summed E-state index contributed by atoms with van der Waals surface area (Å²) in [5.41, 5.74) is 1.83. The Kier molecular flexibility index (Phi) is 7.71. The zero-order chi connectivity index (χ0) is 20.2. The third kappa shape index (κ3) is 5.31. The van der Waals surface area contributed by atoms with Gasteiger partial charge in [0.2, 0.25) is 0 Å². The molecule has 0 atom stereocenters. The van der Waals surface area contributed by atoms with Crippen LogP contribution >= 0.6 is 23.7 Å². The topological polar surface area (TPSA) is 61.3 Å². The van der Waals surface area contributed by atoms with Crippen molar-refractivity contribution in [3.05, 3.63) is 59.9 Å². The van der Waals surface area contributed by atoms with Crippen molar-refractivity contribution >= 4 is 34.7 Å². The summed E-state index contributed by atoms with van der Waals surface area (Å²) in [7, 11) is 0. The Morgan fingerprint density at radius 3 is 2.63 bits per heavy atom. The van der Waals surface area contributed by atoms with Crippen LogP contribution < -0.4 is 5.32 Å². The number of nitrogens with one attached hydrogen (secondary N) is 1. The lowest BCUT2D eigenvalue weighted by Gasteiger charge is -2.31. The van der Waals surface area contributed by atoms with E-state index in [-0.39, 0.29) is 19.0 Å². The monoisotopic (exact) mass is 452 g/mol. The van der Waals surface area contributed by atoms with Crippen LogP contribution in [0.2, 0.25) is 0 Å². The maximum absolute atomic E-state index is 13.5. The van der Waals surface area contributed by atoms with Gasteiger partial charge in [-0.2, -0.15) is 0 Å². The third-order valence-corrected chi connectivity index (χ3v) is 6.17. The number of halogens is 3. The molecule has 0 spiro atoms. The lowest BCUT2D eigenvalue weighted by atomic mass is 9.90. The Morgan fingerprint density at radius 2 is 1.90 bits per heavy atom. The summed E-state index contributed by atoms with van der Waals surface area (Å²) in [6.07, 6.45) is 5.55. The van der Waals surface area contributed by atoms with Crippen molar-refractivity contribution in [1.82, 2.24) is 14.9 Å². The predicted molar refractivity (Wildman–Crippen MR) is 118 cm³/mol. The smallest absolute Gasteiger partial charge is 0.188 e. The number of nitrogens with zero attached hydrogens (tertiary/aromatic N) is 3. The molecular weight excluding hydrogens is 430 g/mol. The van der Waals surface area contributed by atoms with E-state index in [2.05, 4.69) is 20.2 Å². The minimum absolute atomic E-state index is 0. The highest BCUT2D eigenvalue weighted by Gasteiger charge is 2.20. The third-order valence-electron chi connectivity index (χ3n) is 5.20. The molecule has 0 aliphatic carbocycles. The molecule has 2 aromatic heterocycles. The quantitative estimate of drug-likeness (QED) is 0.561. The summed E-state index contributed by atoms with van der Waals surface area (Å²) in [4.78, 5) is 11.8. The van der Waals surface area contributed by atoms with Crippen molar-refractivity contribution < 1.29 is 13.9 Å². The van der Waals surface area contributed by atoms with Gasteiger partial charge in [0.25, 0.3) is 0 Å². The Labute approximate surface area is 184 Å². The average Bonchev–Trinajstić information content (AvgIpc) is 3.19. The second-order valence-electron chi connectivity index (χ2n) is 7.10. The van der Waals surface area contributed by atoms with Crippen LogP contribution in [0.25, 0.3) is 10.4 Å². The number of benzene rings is 1. The number of aliphatic hydroxyl groups is 1. The number of piperidine rings is 1. The molecule has 0 saturated carbocycles. The maximum Gasteiger partial charge on any atom is 0.188 e. The summed E-state index contributed by atoms with van der Waals surface area (Å²) >= 11 is 1.36. The Bertz CT molecular complexity index is 979. The first-order valence-corrected chi connectivity index (χ1v) is 10.4. The lowest BCUT2D eigenvalue weighted by Crippen LogP contribution is -2.34. The van der Waals surface area contributed by atoms with E-state index in [1.807, 2.05) is 12.1 Å². The fraction of sp³-hybridized carbons (Fsp3) is 0.333. The van der Waals surface area contributed by atoms with Crippen LogP contribution in [0, 0.1) is 11.6 Å². The van der Waals surface area contributed by atoms with Crippen LogP contribution in [0.5, 0.6) is 0 Å². The Morgan fingerprint density at radius 1 is 1.10 bits per heavy atom. The summed E-state index contributed by atoms with van der Waals surface area (Å²) in [5.74, 6) is -0.543. The molecule has 5 nitrogen and oxygen atoms in total. The molecule has 3 aromatic rings. The molecule has 0 bridgehead atoms. The van der Waals surface area contributed by atoms with Gasteiger partial charge in [0, 0.05) is 18.9 Å². The second-order valence-corrected chi connectivity index (χ2v) is 8.13. The van der Waals surface area contributed by atoms with Crippen molar-refractivity contribution in [1.29, 1.82) is 0 Å². The van der Waals surface area contributed by atoms with E-state index < -0.39 is 11.6 Å². The molecule has 0 radical (unpaired) electrons. The molecule has 1 aliphatic heterocycles. The predicted octanol–water partition coefficient (Wildman–Crippen LogP) is 4.82. The average molecular weight is 453 g/mol. The van der Waals surface area contributed by atoms with Gasteiger partial charge in [-0.15, -0.1) is 12.4 Å². The number of rotatable bonds is 6. The van der Waals surface area contributed by atoms with Gasteiger partial charge < -0.3 is 15.3 Å². The molecule has 1 aromatic carbocycles. The van der Waals surface area contributed by atoms with Gasteiger partial charge in [-0.25, -0.2) is 18.7 Å². The highest BCUT2D eigenvalue weighted by molar-refractivity contribution is 7.18. The van der Waals surface area contributed by atoms with Crippen LogP contribution in [-0.4, -0.2) is 46.2 Å². The van der Waals surface area contributed by atoms with Crippen LogP contribution in [0.3, 0.4) is 0 Å². The van der Waals surface area contributed by atoms with Crippen molar-refractivity contribution in [2.75, 3.05) is 31.6 Å². The SMILES string of the molecule is Cl.OCCN1CCC(c2ccnc(Nc3ncc(-c4ccc(F)c(F)c4)s3)c2)CC1. The van der Waals surface area contributed by atoms with E-state index in [9.17, 15) is 8.78 Å². The normalized spacial score (nSPS) is 15.0. The number of β-amino-alcohol motifs (C(OH)–C–C–N with tert-alkyl or cyclic N) is 1. The molecule has 1 aliphatic rings. The number of anilines is 2. The number of likely N-dealkylation sites (tertiary alicyclic amines) is 1. The fourth-order valence-electron chi connectivity index (χ4n) is 3.62. The molecular formula is C21H23ClF2N4OS. The summed E-state index contributed by atoms with van der Waals surface area (Å²) < 4.78 is 26.6. The largest absolute Gasteiger partial charge is 0.395 e. The highest BCUT2D eigenvalue weighted by atomic mass is 35.5. The molecule has 4 rings (SSSR count). The van der Waals surface area contributed by atoms with E-state index in [1.54, 1.807) is 12.4 Å². The molecule has 1 fully saturated rings. The van der Waals surface area contributed by atoms with Gasteiger partial charge in [0.05, 0.1) is 11.5 Å². The summed E-state index contributed by atoms with van der Waals surface area (Å²) in [6, 6.07) is 7.93. The van der Waals surface area contributed by atoms with Gasteiger partial charge in [0.15, 0.2) is 16.8 Å². The minimum Gasteiger partial charge on any atom is -0.395 e. The highest BCUT2D eigenvalue weighted by Crippen LogP contribution is 2.33. The van der Waals surface area contributed by atoms with Crippen LogP contribution in [0.4, 0.5) is 19.7 Å². The van der Waals surface area contributed by atoms with E-state index in [0.717, 1.165) is 43.4 Å². The van der Waals surface area contributed by atoms with Gasteiger partial charge in [-0.3, -0.25) is 0 Å². The molecule has 1 saturated heterocycles. The zero-order valence-electron chi connectivity index (χ0n) is 16.2. The number of hydrogen-bond donors (Lipinski definition) is 2. The zero-order valence-corrected chi connectivity index (χ0v) is 17.9. The lowest BCUT2D eigenvalue weighted by molar-refractivity contribution is 0.164. The molecule has 2 N–H and O–H groups in total. The number of aliphatic hydroxyl groups excluding tert-OH is 1. The summed E-state index contributed by atoms with van der Waals surface area (Å²) in [5, 5.41) is 12.9. The van der Waals surface area contributed by atoms with Gasteiger partial charge >= 0.3 is 0 Å². The molecule has 9 heteroatoms. The first kappa shape index (κ1) is 22.6. The Balaban J connectivity index is 0.00000256. The molecule has 3 heterocycles. The summed E-state index contributed by atoms with van der Waals surface area (Å²) in [6.45, 7) is 2.91. The fourth-order valence-corrected chi connectivity index (χ4v) is 4.44. The minimum atomic E-state index is -0.871. The van der Waals surface area contributed by atoms with Crippen molar-refractivity contribution in [3.63, 3.8) is 0 Å². The second kappa shape index (κ2) is 10.3. The van der Waals surface area contributed by atoms with Gasteiger partial charge in [-0.05, 0) is 67.2 Å². The number of thiazole rings is 1. The number of aromatic nitrogens is 2. The number of hydrogen-bond acceptors (Lipinski definition) is 6. The van der Waals surface area contributed by atoms with Gasteiger partial charge in [0.1, 0.15) is 5.82 Å².